The molecule has 0 aromatic carbocycles. The predicted molar refractivity (Wildman–Crippen MR) is 185 cm³/mol. The second-order valence-electron chi connectivity index (χ2n) is 12.2. The maximum Gasteiger partial charge on any atom is 0.303 e. The first-order chi connectivity index (χ1) is 20.7. The Morgan fingerprint density at radius 2 is 0.976 bits per heavy atom. The minimum absolute atomic E-state index is 0.332. The van der Waals surface area contributed by atoms with Crippen molar-refractivity contribution in [1.29, 1.82) is 0 Å². The van der Waals surface area contributed by atoms with E-state index in [-0.39, 0.29) is 0 Å². The van der Waals surface area contributed by atoms with E-state index < -0.39 is 5.97 Å². The largest absolute Gasteiger partial charge is 0.481 e. The van der Waals surface area contributed by atoms with E-state index in [0.29, 0.717) is 6.42 Å². The van der Waals surface area contributed by atoms with Gasteiger partial charge in [-0.25, -0.2) is 4.99 Å². The van der Waals surface area contributed by atoms with Crippen molar-refractivity contribution in [3.05, 3.63) is 24.3 Å². The molecular formula is C38H71NO3. The highest BCUT2D eigenvalue weighted by atomic mass is 16.5. The molecule has 0 fully saturated rings. The fraction of sp³-hybridized carbons (Fsp3) is 0.842. The summed E-state index contributed by atoms with van der Waals surface area (Å²) in [5, 5.41) is 8.51. The molecule has 42 heavy (non-hydrogen) atoms. The summed E-state index contributed by atoms with van der Waals surface area (Å²) in [5.41, 5.74) is 0. The van der Waals surface area contributed by atoms with E-state index in [1.807, 2.05) is 6.08 Å². The molecule has 0 amide bonds. The second-order valence-corrected chi connectivity index (χ2v) is 12.2. The molecule has 0 aromatic heterocycles. The highest BCUT2D eigenvalue weighted by Gasteiger charge is 2.01. The molecule has 4 heteroatoms. The lowest BCUT2D eigenvalue weighted by Crippen LogP contribution is -1.93. The van der Waals surface area contributed by atoms with Crippen molar-refractivity contribution in [2.45, 2.75) is 194 Å². The molecule has 0 spiro atoms. The molecule has 1 heterocycles. The van der Waals surface area contributed by atoms with E-state index in [4.69, 9.17) is 9.84 Å². The van der Waals surface area contributed by atoms with Crippen LogP contribution in [0, 0.1) is 0 Å². The molecule has 0 aromatic rings. The van der Waals surface area contributed by atoms with Crippen LogP contribution in [0.4, 0.5) is 0 Å². The van der Waals surface area contributed by atoms with E-state index in [2.05, 4.69) is 37.1 Å². The lowest BCUT2D eigenvalue weighted by Gasteiger charge is -2.02. The maximum atomic E-state index is 10.3. The van der Waals surface area contributed by atoms with Crippen molar-refractivity contribution in [1.82, 2.24) is 0 Å². The van der Waals surface area contributed by atoms with Crippen molar-refractivity contribution in [2.24, 2.45) is 4.99 Å². The van der Waals surface area contributed by atoms with Crippen molar-refractivity contribution in [3.8, 4) is 0 Å². The molecule has 0 atom stereocenters. The lowest BCUT2D eigenvalue weighted by atomic mass is 10.0. The number of allylic oxidation sites excluding steroid dienone is 3. The molecule has 0 bridgehead atoms. The van der Waals surface area contributed by atoms with Crippen LogP contribution in [0.3, 0.4) is 0 Å². The van der Waals surface area contributed by atoms with Crippen LogP contribution in [0.15, 0.2) is 29.3 Å². The van der Waals surface area contributed by atoms with Gasteiger partial charge in [0.2, 0.25) is 5.90 Å². The summed E-state index contributed by atoms with van der Waals surface area (Å²) >= 11 is 0. The lowest BCUT2D eigenvalue weighted by molar-refractivity contribution is -0.137. The topological polar surface area (TPSA) is 58.9 Å². The zero-order valence-corrected chi connectivity index (χ0v) is 28.2. The monoisotopic (exact) mass is 590 g/mol. The van der Waals surface area contributed by atoms with Gasteiger partial charge in [-0.05, 0) is 51.0 Å². The quantitative estimate of drug-likeness (QED) is 0.0669. The van der Waals surface area contributed by atoms with E-state index in [1.54, 1.807) is 0 Å². The molecule has 1 N–H and O–H groups in total. The van der Waals surface area contributed by atoms with Gasteiger partial charge >= 0.3 is 5.97 Å². The van der Waals surface area contributed by atoms with Gasteiger partial charge < -0.3 is 9.84 Å². The summed E-state index contributed by atoms with van der Waals surface area (Å²) in [6.07, 6.45) is 45.1. The third kappa shape index (κ3) is 34.6. The summed E-state index contributed by atoms with van der Waals surface area (Å²) in [7, 11) is 0. The fourth-order valence-corrected chi connectivity index (χ4v) is 5.26. The van der Waals surface area contributed by atoms with Gasteiger partial charge in [0.05, 0.1) is 6.54 Å². The highest BCUT2D eigenvalue weighted by Crippen LogP contribution is 2.13. The van der Waals surface area contributed by atoms with Crippen LogP contribution in [0.1, 0.15) is 194 Å². The Balaban J connectivity index is 0.000000805. The van der Waals surface area contributed by atoms with Gasteiger partial charge in [-0.2, -0.15) is 0 Å². The zero-order chi connectivity index (χ0) is 30.6. The number of carboxylic acid groups (broad SMARTS) is 1. The van der Waals surface area contributed by atoms with Gasteiger partial charge in [0, 0.05) is 6.42 Å². The van der Waals surface area contributed by atoms with Crippen LogP contribution in [0.2, 0.25) is 0 Å². The first-order valence-electron chi connectivity index (χ1n) is 18.4. The van der Waals surface area contributed by atoms with Crippen molar-refractivity contribution in [2.75, 3.05) is 13.2 Å². The molecule has 0 saturated heterocycles. The van der Waals surface area contributed by atoms with Crippen LogP contribution >= 0.6 is 0 Å². The SMILES string of the molecule is CCCCCCCC/C=C\CCCCCCCC(=O)O.CCCCCCCCCCCCCCCC=CC1=NCCO1. The van der Waals surface area contributed by atoms with Crippen LogP contribution in [-0.2, 0) is 9.53 Å². The molecule has 246 valence electrons. The number of rotatable bonds is 30. The Morgan fingerprint density at radius 3 is 1.36 bits per heavy atom. The number of carboxylic acids is 1. The second kappa shape index (κ2) is 35.6. The number of nitrogens with zero attached hydrogens (tertiary/aromatic N) is 1. The number of ether oxygens (including phenoxy) is 1. The Kier molecular flexibility index (Phi) is 34.3. The molecule has 4 nitrogen and oxygen atoms in total. The number of hydrogen-bond donors (Lipinski definition) is 1. The smallest absolute Gasteiger partial charge is 0.303 e. The zero-order valence-electron chi connectivity index (χ0n) is 28.2. The van der Waals surface area contributed by atoms with Crippen molar-refractivity contribution >= 4 is 11.9 Å². The molecular weight excluding hydrogens is 518 g/mol. The average molecular weight is 590 g/mol. The summed E-state index contributed by atoms with van der Waals surface area (Å²) in [4.78, 5) is 14.6. The summed E-state index contributed by atoms with van der Waals surface area (Å²) in [6, 6.07) is 0. The molecule has 0 aliphatic carbocycles. The minimum atomic E-state index is -0.664. The third-order valence-electron chi connectivity index (χ3n) is 8.00. The van der Waals surface area contributed by atoms with Crippen LogP contribution in [0.5, 0.6) is 0 Å². The Bertz CT molecular complexity index is 640. The number of aliphatic carboxylic acids is 1. The average Bonchev–Trinajstić information content (AvgIpc) is 3.51. The number of aliphatic imine (C=N–C) groups is 1. The van der Waals surface area contributed by atoms with Crippen LogP contribution < -0.4 is 0 Å². The van der Waals surface area contributed by atoms with Gasteiger partial charge in [0.15, 0.2) is 0 Å². The standard InChI is InChI=1S/C20H37NO.C18H34O2/c1-2-3-4-5-6-7-8-9-10-11-12-13-14-15-16-17-20-21-18-19-22-20;1-2-3-4-5-6-7-8-9-10-11-12-13-14-15-16-17-18(19)20/h16-17H,2-15,18-19H2,1H3;9-10H,2-8,11-17H2,1H3,(H,19,20)/b;10-9-. The maximum absolute atomic E-state index is 10.3. The van der Waals surface area contributed by atoms with Gasteiger partial charge in [-0.1, -0.05) is 160 Å². The molecule has 0 unspecified atom stereocenters. The summed E-state index contributed by atoms with van der Waals surface area (Å²) < 4.78 is 5.34. The highest BCUT2D eigenvalue weighted by molar-refractivity contribution is 5.88. The van der Waals surface area contributed by atoms with Crippen molar-refractivity contribution in [3.63, 3.8) is 0 Å². The molecule has 1 aliphatic rings. The van der Waals surface area contributed by atoms with Gasteiger partial charge in [-0.15, -0.1) is 0 Å². The van der Waals surface area contributed by atoms with Gasteiger partial charge in [-0.3, -0.25) is 4.79 Å². The summed E-state index contributed by atoms with van der Waals surface area (Å²) in [5.74, 6) is 0.164. The van der Waals surface area contributed by atoms with Gasteiger partial charge in [0.25, 0.3) is 0 Å². The Morgan fingerprint density at radius 1 is 0.595 bits per heavy atom. The third-order valence-corrected chi connectivity index (χ3v) is 8.00. The van der Waals surface area contributed by atoms with Gasteiger partial charge in [0.1, 0.15) is 6.61 Å². The fourth-order valence-electron chi connectivity index (χ4n) is 5.26. The molecule has 0 radical (unpaired) electrons. The van der Waals surface area contributed by atoms with Crippen molar-refractivity contribution < 1.29 is 14.6 Å². The van der Waals surface area contributed by atoms with Crippen LogP contribution in [0.25, 0.3) is 0 Å². The molecule has 1 rings (SSSR count). The first kappa shape index (κ1) is 40.4. The normalized spacial score (nSPS) is 13.0. The number of carbonyl (C=O) groups is 1. The summed E-state index contributed by atoms with van der Waals surface area (Å²) in [6.45, 7) is 6.14. The van der Waals surface area contributed by atoms with E-state index in [0.717, 1.165) is 31.9 Å². The van der Waals surface area contributed by atoms with E-state index in [1.165, 1.54) is 161 Å². The molecule has 0 saturated carbocycles. The van der Waals surface area contributed by atoms with E-state index >= 15 is 0 Å². The van der Waals surface area contributed by atoms with E-state index in [9.17, 15) is 4.79 Å². The number of unbranched alkanes of at least 4 members (excludes halogenated alkanes) is 24. The minimum Gasteiger partial charge on any atom is -0.481 e. The number of hydrogen-bond acceptors (Lipinski definition) is 3. The Hall–Kier alpha value is -1.58. The van der Waals surface area contributed by atoms with Crippen LogP contribution in [-0.4, -0.2) is 30.1 Å². The first-order valence-corrected chi connectivity index (χ1v) is 18.4. The predicted octanol–water partition coefficient (Wildman–Crippen LogP) is 12.6. The Labute approximate surface area is 262 Å². The molecule has 1 aliphatic heterocycles.